The third-order valence-corrected chi connectivity index (χ3v) is 2.84. The number of carbonyl (C=O) groups excluding carboxylic acids is 1. The van der Waals surface area contributed by atoms with Gasteiger partial charge < -0.3 is 20.8 Å². The zero-order chi connectivity index (χ0) is 15.4. The van der Waals surface area contributed by atoms with Crippen LogP contribution in [-0.2, 0) is 0 Å². The number of benzene rings is 2. The van der Waals surface area contributed by atoms with Gasteiger partial charge in [0, 0.05) is 10.7 Å². The van der Waals surface area contributed by atoms with Gasteiger partial charge in [-0.1, -0.05) is 11.6 Å². The van der Waals surface area contributed by atoms with Crippen LogP contribution in [0.1, 0.15) is 10.4 Å². The van der Waals surface area contributed by atoms with E-state index in [2.05, 4.69) is 10.6 Å². The maximum absolute atomic E-state index is 11.8. The van der Waals surface area contributed by atoms with Crippen molar-refractivity contribution in [3.63, 3.8) is 0 Å². The summed E-state index contributed by atoms with van der Waals surface area (Å²) in [5.74, 6) is -1.45. The summed E-state index contributed by atoms with van der Waals surface area (Å²) in [7, 11) is 0. The average Bonchev–Trinajstić information content (AvgIpc) is 2.43. The van der Waals surface area contributed by atoms with Gasteiger partial charge in [0.2, 0.25) is 0 Å². The second-order valence-electron chi connectivity index (χ2n) is 4.12. The monoisotopic (exact) mass is 306 g/mol. The first-order valence-corrected chi connectivity index (χ1v) is 6.23. The summed E-state index contributed by atoms with van der Waals surface area (Å²) in [6.45, 7) is 0. The number of nitrogens with one attached hydrogen (secondary N) is 2. The van der Waals surface area contributed by atoms with Gasteiger partial charge >= 0.3 is 12.0 Å². The number of aromatic hydroxyl groups is 1. The lowest BCUT2D eigenvalue weighted by Crippen LogP contribution is -2.20. The number of amides is 2. The number of halogens is 1. The molecule has 0 aliphatic carbocycles. The number of rotatable bonds is 3. The van der Waals surface area contributed by atoms with E-state index in [0.717, 1.165) is 6.07 Å². The Hall–Kier alpha value is -2.73. The molecular weight excluding hydrogens is 296 g/mol. The van der Waals surface area contributed by atoms with Gasteiger partial charge in [-0.25, -0.2) is 9.59 Å². The van der Waals surface area contributed by atoms with E-state index in [1.165, 1.54) is 12.1 Å². The molecule has 0 saturated heterocycles. The first-order chi connectivity index (χ1) is 9.95. The molecule has 0 saturated carbocycles. The zero-order valence-electron chi connectivity index (χ0n) is 10.6. The Morgan fingerprint density at radius 2 is 1.67 bits per heavy atom. The summed E-state index contributed by atoms with van der Waals surface area (Å²) in [6.07, 6.45) is 0. The van der Waals surface area contributed by atoms with Crippen molar-refractivity contribution in [3.8, 4) is 5.75 Å². The Bertz CT molecular complexity index is 686. The summed E-state index contributed by atoms with van der Waals surface area (Å²) in [5.41, 5.74) is 0.376. The van der Waals surface area contributed by atoms with Gasteiger partial charge in [-0.3, -0.25) is 0 Å². The van der Waals surface area contributed by atoms with Crippen LogP contribution in [0.5, 0.6) is 5.75 Å². The number of hydrogen-bond donors (Lipinski definition) is 4. The number of urea groups is 1. The molecule has 2 rings (SSSR count). The predicted molar refractivity (Wildman–Crippen MR) is 79.2 cm³/mol. The standard InChI is InChI=1S/C14H11ClN2O4/c15-8-1-3-9(4-2-8)16-14(21)17-12-6-5-10(18)7-11(12)13(19)20/h1-7,18H,(H,19,20)(H2,16,17,21). The number of anilines is 2. The molecule has 0 fully saturated rings. The zero-order valence-corrected chi connectivity index (χ0v) is 11.4. The lowest BCUT2D eigenvalue weighted by atomic mass is 10.1. The molecule has 0 heterocycles. The average molecular weight is 307 g/mol. The van der Waals surface area contributed by atoms with E-state index < -0.39 is 12.0 Å². The Balaban J connectivity index is 2.12. The van der Waals surface area contributed by atoms with Crippen LogP contribution < -0.4 is 10.6 Å². The van der Waals surface area contributed by atoms with Crippen molar-refractivity contribution >= 4 is 35.0 Å². The van der Waals surface area contributed by atoms with Crippen molar-refractivity contribution in [1.82, 2.24) is 0 Å². The van der Waals surface area contributed by atoms with E-state index in [1.807, 2.05) is 0 Å². The molecule has 0 atom stereocenters. The van der Waals surface area contributed by atoms with E-state index >= 15 is 0 Å². The van der Waals surface area contributed by atoms with Crippen molar-refractivity contribution in [3.05, 3.63) is 53.1 Å². The van der Waals surface area contributed by atoms with E-state index in [1.54, 1.807) is 24.3 Å². The third-order valence-electron chi connectivity index (χ3n) is 2.58. The van der Waals surface area contributed by atoms with Gasteiger partial charge in [0.1, 0.15) is 5.75 Å². The van der Waals surface area contributed by atoms with Gasteiger partial charge in [0.05, 0.1) is 11.3 Å². The SMILES string of the molecule is O=C(Nc1ccc(Cl)cc1)Nc1ccc(O)cc1C(=O)O. The molecule has 0 bridgehead atoms. The molecule has 21 heavy (non-hydrogen) atoms. The maximum Gasteiger partial charge on any atom is 0.337 e. The van der Waals surface area contributed by atoms with Gasteiger partial charge in [-0.15, -0.1) is 0 Å². The van der Waals surface area contributed by atoms with Gasteiger partial charge in [-0.05, 0) is 42.5 Å². The molecule has 2 amide bonds. The summed E-state index contributed by atoms with van der Waals surface area (Å²) in [5, 5.41) is 23.8. The lowest BCUT2D eigenvalue weighted by molar-refractivity contribution is 0.0697. The highest BCUT2D eigenvalue weighted by molar-refractivity contribution is 6.30. The second-order valence-corrected chi connectivity index (χ2v) is 4.56. The molecule has 0 unspecified atom stereocenters. The molecule has 4 N–H and O–H groups in total. The largest absolute Gasteiger partial charge is 0.508 e. The minimum atomic E-state index is -1.26. The fourth-order valence-corrected chi connectivity index (χ4v) is 1.76. The number of carboxylic acids is 1. The first-order valence-electron chi connectivity index (χ1n) is 5.85. The van der Waals surface area contributed by atoms with Crippen molar-refractivity contribution in [1.29, 1.82) is 0 Å². The fraction of sp³-hybridized carbons (Fsp3) is 0. The Morgan fingerprint density at radius 3 is 2.29 bits per heavy atom. The van der Waals surface area contributed by atoms with E-state index in [4.69, 9.17) is 16.7 Å². The van der Waals surface area contributed by atoms with Crippen LogP contribution in [0.15, 0.2) is 42.5 Å². The van der Waals surface area contributed by atoms with Crippen LogP contribution in [-0.4, -0.2) is 22.2 Å². The molecule has 6 nitrogen and oxygen atoms in total. The minimum Gasteiger partial charge on any atom is -0.508 e. The van der Waals surface area contributed by atoms with Gasteiger partial charge in [-0.2, -0.15) is 0 Å². The molecule has 0 radical (unpaired) electrons. The maximum atomic E-state index is 11.8. The molecule has 0 aromatic heterocycles. The number of carboxylic acid groups (broad SMARTS) is 1. The smallest absolute Gasteiger partial charge is 0.337 e. The van der Waals surface area contributed by atoms with Crippen molar-refractivity contribution in [2.45, 2.75) is 0 Å². The molecule has 2 aromatic rings. The van der Waals surface area contributed by atoms with Gasteiger partial charge in [0.15, 0.2) is 0 Å². The van der Waals surface area contributed by atoms with E-state index in [9.17, 15) is 14.7 Å². The molecule has 108 valence electrons. The van der Waals surface area contributed by atoms with E-state index in [0.29, 0.717) is 10.7 Å². The molecule has 2 aromatic carbocycles. The molecule has 7 heteroatoms. The second kappa shape index (κ2) is 6.15. The summed E-state index contributed by atoms with van der Waals surface area (Å²) < 4.78 is 0. The lowest BCUT2D eigenvalue weighted by Gasteiger charge is -2.10. The van der Waals surface area contributed by atoms with Crippen LogP contribution in [0.25, 0.3) is 0 Å². The van der Waals surface area contributed by atoms with Crippen molar-refractivity contribution in [2.75, 3.05) is 10.6 Å². The number of carbonyl (C=O) groups is 2. The Labute approximate surface area is 125 Å². The fourth-order valence-electron chi connectivity index (χ4n) is 1.64. The van der Waals surface area contributed by atoms with Crippen LogP contribution in [0.4, 0.5) is 16.2 Å². The van der Waals surface area contributed by atoms with E-state index in [-0.39, 0.29) is 17.0 Å². The van der Waals surface area contributed by atoms with Crippen molar-refractivity contribution < 1.29 is 19.8 Å². The minimum absolute atomic E-state index is 0.0757. The molecule has 0 spiro atoms. The number of phenolic OH excluding ortho intramolecular Hbond substituents is 1. The van der Waals surface area contributed by atoms with Crippen LogP contribution in [0, 0.1) is 0 Å². The Morgan fingerprint density at radius 1 is 1.00 bits per heavy atom. The highest BCUT2D eigenvalue weighted by Crippen LogP contribution is 2.21. The predicted octanol–water partition coefficient (Wildman–Crippen LogP) is 3.39. The van der Waals surface area contributed by atoms with Crippen molar-refractivity contribution in [2.24, 2.45) is 0 Å². The summed E-state index contributed by atoms with van der Waals surface area (Å²) >= 11 is 5.73. The van der Waals surface area contributed by atoms with Crippen LogP contribution >= 0.6 is 11.6 Å². The highest BCUT2D eigenvalue weighted by Gasteiger charge is 2.13. The number of hydrogen-bond acceptors (Lipinski definition) is 3. The normalized spacial score (nSPS) is 9.95. The van der Waals surface area contributed by atoms with Gasteiger partial charge in [0.25, 0.3) is 0 Å². The van der Waals surface area contributed by atoms with Crippen LogP contribution in [0.2, 0.25) is 5.02 Å². The quantitative estimate of drug-likeness (QED) is 0.653. The number of phenols is 1. The number of aromatic carboxylic acids is 1. The van der Waals surface area contributed by atoms with Crippen LogP contribution in [0.3, 0.4) is 0 Å². The first kappa shape index (κ1) is 14.7. The third kappa shape index (κ3) is 3.87. The topological polar surface area (TPSA) is 98.7 Å². The molecular formula is C14H11ClN2O4. The molecule has 0 aliphatic rings. The summed E-state index contributed by atoms with van der Waals surface area (Å²) in [6, 6.07) is 9.48. The highest BCUT2D eigenvalue weighted by atomic mass is 35.5. The Kier molecular flexibility index (Phi) is 4.30. The molecule has 0 aliphatic heterocycles. The summed E-state index contributed by atoms with van der Waals surface area (Å²) in [4.78, 5) is 22.9.